The van der Waals surface area contributed by atoms with Crippen LogP contribution in [0.4, 0.5) is 4.39 Å². The van der Waals surface area contributed by atoms with Crippen LogP contribution in [0.1, 0.15) is 32.8 Å². The quantitative estimate of drug-likeness (QED) is 0.508. The molecule has 0 bridgehead atoms. The Balaban J connectivity index is 2.89. The average molecular weight is 396 g/mol. The number of carbonyl (C=O) groups is 4. The molecule has 0 saturated carbocycles. The first-order valence-corrected chi connectivity index (χ1v) is 8.84. The van der Waals surface area contributed by atoms with Gasteiger partial charge in [-0.15, -0.1) is 0 Å². The van der Waals surface area contributed by atoms with Gasteiger partial charge in [0.2, 0.25) is 11.8 Å². The fourth-order valence-corrected chi connectivity index (χ4v) is 2.61. The van der Waals surface area contributed by atoms with Crippen LogP contribution in [0.5, 0.6) is 0 Å². The Morgan fingerprint density at radius 3 is 2.25 bits per heavy atom. The van der Waals surface area contributed by atoms with Crippen molar-refractivity contribution in [3.63, 3.8) is 0 Å². The number of aliphatic carboxylic acids is 1. The van der Waals surface area contributed by atoms with E-state index >= 15 is 0 Å². The Hall–Kier alpha value is -2.97. The standard InChI is InChI=1S/C19H25FN2O6/c1-4-28-16(24)9-11(2)17(19(26)27)22-18(25)15(21-12(3)23)10-13-5-7-14(20)8-6-13/h5-8,11,15,17H,4,9-10H2,1-3H3,(H,21,23)(H,22,25)(H,26,27)/t11-,15+,17+/m0/s1. The Kier molecular flexibility index (Phi) is 9.07. The topological polar surface area (TPSA) is 122 Å². The lowest BCUT2D eigenvalue weighted by atomic mass is 9.97. The molecule has 0 heterocycles. The molecule has 3 N–H and O–H groups in total. The van der Waals surface area contributed by atoms with E-state index in [0.29, 0.717) is 5.56 Å². The molecule has 0 radical (unpaired) electrons. The number of carbonyl (C=O) groups excluding carboxylic acids is 3. The van der Waals surface area contributed by atoms with Crippen LogP contribution in [0.2, 0.25) is 0 Å². The molecular weight excluding hydrogens is 371 g/mol. The van der Waals surface area contributed by atoms with Crippen molar-refractivity contribution in [2.45, 2.75) is 45.7 Å². The van der Waals surface area contributed by atoms with Crippen LogP contribution in [-0.2, 0) is 30.3 Å². The van der Waals surface area contributed by atoms with Gasteiger partial charge in [-0.25, -0.2) is 9.18 Å². The average Bonchev–Trinajstić information content (AvgIpc) is 2.60. The van der Waals surface area contributed by atoms with Gasteiger partial charge in [-0.1, -0.05) is 19.1 Å². The molecule has 2 amide bonds. The number of esters is 1. The monoisotopic (exact) mass is 396 g/mol. The third kappa shape index (κ3) is 7.73. The second-order valence-electron chi connectivity index (χ2n) is 6.39. The fourth-order valence-electron chi connectivity index (χ4n) is 2.61. The van der Waals surface area contributed by atoms with Crippen LogP contribution < -0.4 is 10.6 Å². The molecule has 0 aromatic heterocycles. The minimum Gasteiger partial charge on any atom is -0.480 e. The first kappa shape index (κ1) is 23.1. The molecule has 0 spiro atoms. The van der Waals surface area contributed by atoms with E-state index in [9.17, 15) is 28.7 Å². The maximum absolute atomic E-state index is 13.0. The Labute approximate surface area is 162 Å². The predicted molar refractivity (Wildman–Crippen MR) is 97.7 cm³/mol. The molecule has 1 rings (SSSR count). The van der Waals surface area contributed by atoms with Gasteiger partial charge in [-0.3, -0.25) is 14.4 Å². The molecule has 3 atom stereocenters. The highest BCUT2D eigenvalue weighted by molar-refractivity contribution is 5.90. The SMILES string of the molecule is CCOC(=O)C[C@H](C)[C@@H](NC(=O)[C@@H](Cc1ccc(F)cc1)NC(C)=O)C(=O)O. The summed E-state index contributed by atoms with van der Waals surface area (Å²) >= 11 is 0. The van der Waals surface area contributed by atoms with E-state index in [1.54, 1.807) is 6.92 Å². The van der Waals surface area contributed by atoms with Gasteiger partial charge in [0.1, 0.15) is 17.9 Å². The van der Waals surface area contributed by atoms with E-state index in [1.807, 2.05) is 0 Å². The summed E-state index contributed by atoms with van der Waals surface area (Å²) in [5.41, 5.74) is 0.585. The van der Waals surface area contributed by atoms with E-state index in [4.69, 9.17) is 4.74 Å². The van der Waals surface area contributed by atoms with Gasteiger partial charge in [0.25, 0.3) is 0 Å². The highest BCUT2D eigenvalue weighted by atomic mass is 19.1. The van der Waals surface area contributed by atoms with E-state index < -0.39 is 47.6 Å². The van der Waals surface area contributed by atoms with Crippen LogP contribution in [0.25, 0.3) is 0 Å². The van der Waals surface area contributed by atoms with Crippen molar-refractivity contribution in [3.05, 3.63) is 35.6 Å². The van der Waals surface area contributed by atoms with Gasteiger partial charge >= 0.3 is 11.9 Å². The molecule has 8 nitrogen and oxygen atoms in total. The largest absolute Gasteiger partial charge is 0.480 e. The number of amides is 2. The number of nitrogens with one attached hydrogen (secondary N) is 2. The zero-order valence-electron chi connectivity index (χ0n) is 16.0. The molecule has 1 aromatic rings. The number of carboxylic acids is 1. The van der Waals surface area contributed by atoms with Crippen LogP contribution in [0, 0.1) is 11.7 Å². The summed E-state index contributed by atoms with van der Waals surface area (Å²) in [6.07, 6.45) is -0.141. The van der Waals surface area contributed by atoms with Crippen molar-refractivity contribution in [3.8, 4) is 0 Å². The number of halogens is 1. The summed E-state index contributed by atoms with van der Waals surface area (Å²) in [6, 6.07) is 2.98. The summed E-state index contributed by atoms with van der Waals surface area (Å²) in [5.74, 6) is -4.25. The molecule has 0 saturated heterocycles. The number of hydrogen-bond donors (Lipinski definition) is 3. The summed E-state index contributed by atoms with van der Waals surface area (Å²) < 4.78 is 17.9. The molecular formula is C19H25FN2O6. The number of rotatable bonds is 10. The van der Waals surface area contributed by atoms with Crippen molar-refractivity contribution in [1.82, 2.24) is 10.6 Å². The van der Waals surface area contributed by atoms with Crippen LogP contribution >= 0.6 is 0 Å². The molecule has 9 heteroatoms. The smallest absolute Gasteiger partial charge is 0.326 e. The zero-order chi connectivity index (χ0) is 21.3. The number of benzene rings is 1. The van der Waals surface area contributed by atoms with E-state index in [1.165, 1.54) is 38.1 Å². The zero-order valence-corrected chi connectivity index (χ0v) is 16.0. The van der Waals surface area contributed by atoms with E-state index in [2.05, 4.69) is 10.6 Å². The maximum Gasteiger partial charge on any atom is 0.326 e. The van der Waals surface area contributed by atoms with Gasteiger partial charge < -0.3 is 20.5 Å². The number of ether oxygens (including phenoxy) is 1. The molecule has 0 aliphatic carbocycles. The van der Waals surface area contributed by atoms with Gasteiger partial charge in [0, 0.05) is 13.3 Å². The van der Waals surface area contributed by atoms with Gasteiger partial charge in [0.05, 0.1) is 13.0 Å². The molecule has 154 valence electrons. The predicted octanol–water partition coefficient (Wildman–Crippen LogP) is 1.03. The van der Waals surface area contributed by atoms with Crippen molar-refractivity contribution in [1.29, 1.82) is 0 Å². The third-order valence-electron chi connectivity index (χ3n) is 3.97. The summed E-state index contributed by atoms with van der Waals surface area (Å²) in [5, 5.41) is 14.2. The van der Waals surface area contributed by atoms with Crippen molar-refractivity contribution >= 4 is 23.8 Å². The first-order chi connectivity index (χ1) is 13.1. The Morgan fingerprint density at radius 2 is 1.75 bits per heavy atom. The van der Waals surface area contributed by atoms with Crippen LogP contribution in [0.15, 0.2) is 24.3 Å². The van der Waals surface area contributed by atoms with Crippen molar-refractivity contribution in [2.24, 2.45) is 5.92 Å². The summed E-state index contributed by atoms with van der Waals surface area (Å²) in [7, 11) is 0. The van der Waals surface area contributed by atoms with Crippen LogP contribution in [0.3, 0.4) is 0 Å². The molecule has 0 aliphatic heterocycles. The minimum absolute atomic E-state index is 0.0459. The first-order valence-electron chi connectivity index (χ1n) is 8.84. The molecule has 0 aliphatic rings. The van der Waals surface area contributed by atoms with Crippen molar-refractivity contribution < 1.29 is 33.4 Å². The fraction of sp³-hybridized carbons (Fsp3) is 0.474. The highest BCUT2D eigenvalue weighted by Crippen LogP contribution is 2.12. The second-order valence-corrected chi connectivity index (χ2v) is 6.39. The summed E-state index contributed by atoms with van der Waals surface area (Å²) in [4.78, 5) is 47.2. The Morgan fingerprint density at radius 1 is 1.14 bits per heavy atom. The lowest BCUT2D eigenvalue weighted by molar-refractivity contribution is -0.147. The Bertz CT molecular complexity index is 707. The molecule has 1 aromatic carbocycles. The van der Waals surface area contributed by atoms with Crippen LogP contribution in [-0.4, -0.2) is 47.6 Å². The minimum atomic E-state index is -1.35. The highest BCUT2D eigenvalue weighted by Gasteiger charge is 2.31. The summed E-state index contributed by atoms with van der Waals surface area (Å²) in [6.45, 7) is 4.52. The molecule has 0 fully saturated rings. The number of hydrogen-bond acceptors (Lipinski definition) is 5. The van der Waals surface area contributed by atoms with E-state index in [0.717, 1.165) is 0 Å². The second kappa shape index (κ2) is 11.0. The normalized spacial score (nSPS) is 13.7. The van der Waals surface area contributed by atoms with Gasteiger partial charge in [-0.2, -0.15) is 0 Å². The maximum atomic E-state index is 13.0. The molecule has 28 heavy (non-hydrogen) atoms. The molecule has 0 unspecified atom stereocenters. The number of carboxylic acid groups (broad SMARTS) is 1. The van der Waals surface area contributed by atoms with Crippen molar-refractivity contribution in [2.75, 3.05) is 6.61 Å². The van der Waals surface area contributed by atoms with Gasteiger partial charge in [-0.05, 0) is 30.5 Å². The lowest BCUT2D eigenvalue weighted by Crippen LogP contribution is -2.54. The van der Waals surface area contributed by atoms with E-state index in [-0.39, 0.29) is 19.4 Å². The lowest BCUT2D eigenvalue weighted by Gasteiger charge is -2.24. The third-order valence-corrected chi connectivity index (χ3v) is 3.97. The van der Waals surface area contributed by atoms with Gasteiger partial charge in [0.15, 0.2) is 0 Å².